The topological polar surface area (TPSA) is 78.9 Å². The van der Waals surface area contributed by atoms with Crippen LogP contribution in [0.4, 0.5) is 10.5 Å². The number of benzene rings is 1. The molecule has 0 aliphatic carbocycles. The number of rotatable bonds is 5. The number of carbonyl (C=O) groups excluding carboxylic acids is 1. The highest BCUT2D eigenvalue weighted by Crippen LogP contribution is 2.19. The summed E-state index contributed by atoms with van der Waals surface area (Å²) >= 11 is 0. The van der Waals surface area contributed by atoms with Crippen molar-refractivity contribution in [2.24, 2.45) is 0 Å². The van der Waals surface area contributed by atoms with Gasteiger partial charge < -0.3 is 15.2 Å². The number of hydrogen-bond donors (Lipinski definition) is 2. The van der Waals surface area contributed by atoms with E-state index >= 15 is 0 Å². The first-order valence-corrected chi connectivity index (χ1v) is 5.90. The number of ether oxygens (including phenoxy) is 1. The van der Waals surface area contributed by atoms with Gasteiger partial charge in [0.1, 0.15) is 11.8 Å². The zero-order valence-electron chi connectivity index (χ0n) is 11.2. The first kappa shape index (κ1) is 14.8. The van der Waals surface area contributed by atoms with Crippen LogP contribution in [0.1, 0.15) is 13.3 Å². The number of urea groups is 1. The predicted octanol–water partition coefficient (Wildman–Crippen LogP) is 1.70. The van der Waals surface area contributed by atoms with Gasteiger partial charge in [0, 0.05) is 18.8 Å². The highest BCUT2D eigenvalue weighted by Gasteiger charge is 2.20. The number of methoxy groups -OCH3 is 1. The molecule has 1 atom stereocenters. The Kier molecular flexibility index (Phi) is 5.17. The Morgan fingerprint density at radius 1 is 1.47 bits per heavy atom. The molecule has 0 spiro atoms. The molecule has 1 rings (SSSR count). The van der Waals surface area contributed by atoms with E-state index < -0.39 is 18.0 Å². The lowest BCUT2D eigenvalue weighted by Crippen LogP contribution is -2.46. The first-order valence-electron chi connectivity index (χ1n) is 5.90. The maximum absolute atomic E-state index is 11.9. The first-order chi connectivity index (χ1) is 8.99. The standard InChI is InChI=1S/C13H18N2O4/c1-4-11(12(16)17)14-13(18)15(2)9-6-5-7-10(8-9)19-3/h5-8,11H,4H2,1-3H3,(H,14,18)(H,16,17). The van der Waals surface area contributed by atoms with E-state index in [-0.39, 0.29) is 0 Å². The van der Waals surface area contributed by atoms with Crippen LogP contribution in [0.2, 0.25) is 0 Å². The van der Waals surface area contributed by atoms with Crippen LogP contribution in [-0.4, -0.2) is 37.3 Å². The van der Waals surface area contributed by atoms with Crippen molar-refractivity contribution in [2.45, 2.75) is 19.4 Å². The molecule has 0 saturated carbocycles. The van der Waals surface area contributed by atoms with Crippen LogP contribution < -0.4 is 15.0 Å². The van der Waals surface area contributed by atoms with E-state index in [2.05, 4.69) is 5.32 Å². The molecule has 1 unspecified atom stereocenters. The Bertz CT molecular complexity index is 462. The zero-order chi connectivity index (χ0) is 14.4. The number of amides is 2. The summed E-state index contributed by atoms with van der Waals surface area (Å²) in [7, 11) is 3.11. The molecule has 0 bridgehead atoms. The van der Waals surface area contributed by atoms with Crippen LogP contribution in [0.5, 0.6) is 5.75 Å². The van der Waals surface area contributed by atoms with Gasteiger partial charge in [-0.1, -0.05) is 13.0 Å². The molecule has 1 aromatic carbocycles. The van der Waals surface area contributed by atoms with E-state index in [0.29, 0.717) is 17.9 Å². The molecule has 0 radical (unpaired) electrons. The van der Waals surface area contributed by atoms with E-state index in [0.717, 1.165) is 0 Å². The van der Waals surface area contributed by atoms with Crippen LogP contribution >= 0.6 is 0 Å². The van der Waals surface area contributed by atoms with Gasteiger partial charge in [0.25, 0.3) is 0 Å². The third-order valence-electron chi connectivity index (χ3n) is 2.75. The Balaban J connectivity index is 2.78. The largest absolute Gasteiger partial charge is 0.497 e. The van der Waals surface area contributed by atoms with Crippen molar-refractivity contribution in [3.05, 3.63) is 24.3 Å². The van der Waals surface area contributed by atoms with Crippen molar-refractivity contribution in [2.75, 3.05) is 19.1 Å². The molecule has 6 nitrogen and oxygen atoms in total. The summed E-state index contributed by atoms with van der Waals surface area (Å²) < 4.78 is 5.07. The zero-order valence-corrected chi connectivity index (χ0v) is 11.2. The number of anilines is 1. The number of nitrogens with zero attached hydrogens (tertiary/aromatic N) is 1. The fourth-order valence-corrected chi connectivity index (χ4v) is 1.52. The van der Waals surface area contributed by atoms with Gasteiger partial charge in [0.05, 0.1) is 7.11 Å². The van der Waals surface area contributed by atoms with E-state index in [1.165, 1.54) is 12.0 Å². The summed E-state index contributed by atoms with van der Waals surface area (Å²) in [6.45, 7) is 1.70. The minimum atomic E-state index is -1.05. The quantitative estimate of drug-likeness (QED) is 0.850. The lowest BCUT2D eigenvalue weighted by molar-refractivity contribution is -0.139. The second-order valence-electron chi connectivity index (χ2n) is 4.01. The normalized spacial score (nSPS) is 11.5. The van der Waals surface area contributed by atoms with Gasteiger partial charge in [0.15, 0.2) is 0 Å². The van der Waals surface area contributed by atoms with E-state index in [1.54, 1.807) is 38.2 Å². The van der Waals surface area contributed by atoms with Gasteiger partial charge >= 0.3 is 12.0 Å². The van der Waals surface area contributed by atoms with Crippen LogP contribution in [-0.2, 0) is 4.79 Å². The van der Waals surface area contributed by atoms with Gasteiger partial charge in [-0.15, -0.1) is 0 Å². The Morgan fingerprint density at radius 2 is 2.16 bits per heavy atom. The minimum absolute atomic E-state index is 0.326. The second kappa shape index (κ2) is 6.63. The monoisotopic (exact) mass is 266 g/mol. The summed E-state index contributed by atoms with van der Waals surface area (Å²) in [5.74, 6) is -0.419. The molecule has 2 amide bonds. The van der Waals surface area contributed by atoms with Crippen molar-refractivity contribution < 1.29 is 19.4 Å². The van der Waals surface area contributed by atoms with E-state index in [1.807, 2.05) is 0 Å². The number of carbonyl (C=O) groups is 2. The van der Waals surface area contributed by atoms with Gasteiger partial charge in [-0.2, -0.15) is 0 Å². The number of hydrogen-bond acceptors (Lipinski definition) is 3. The summed E-state index contributed by atoms with van der Waals surface area (Å²) in [4.78, 5) is 24.1. The number of carboxylic acid groups (broad SMARTS) is 1. The Hall–Kier alpha value is -2.24. The molecule has 6 heteroatoms. The van der Waals surface area contributed by atoms with E-state index in [9.17, 15) is 9.59 Å². The van der Waals surface area contributed by atoms with Crippen LogP contribution in [0.25, 0.3) is 0 Å². The Morgan fingerprint density at radius 3 is 2.68 bits per heavy atom. The lowest BCUT2D eigenvalue weighted by Gasteiger charge is -2.21. The molecule has 2 N–H and O–H groups in total. The fourth-order valence-electron chi connectivity index (χ4n) is 1.52. The number of carboxylic acids is 1. The van der Waals surface area contributed by atoms with Crippen molar-refractivity contribution in [1.82, 2.24) is 5.32 Å². The molecule has 0 saturated heterocycles. The minimum Gasteiger partial charge on any atom is -0.497 e. The highest BCUT2D eigenvalue weighted by atomic mass is 16.5. The van der Waals surface area contributed by atoms with Crippen LogP contribution in [0.15, 0.2) is 24.3 Å². The molecule has 0 aliphatic heterocycles. The van der Waals surface area contributed by atoms with Crippen LogP contribution in [0.3, 0.4) is 0 Å². The van der Waals surface area contributed by atoms with Crippen molar-refractivity contribution in [3.8, 4) is 5.75 Å². The summed E-state index contributed by atoms with van der Waals surface area (Å²) in [6.07, 6.45) is 0.326. The molecule has 1 aromatic rings. The van der Waals surface area contributed by atoms with Crippen molar-refractivity contribution in [3.63, 3.8) is 0 Å². The molecular weight excluding hydrogens is 248 g/mol. The smallest absolute Gasteiger partial charge is 0.326 e. The summed E-state index contributed by atoms with van der Waals surface area (Å²) in [5, 5.41) is 11.4. The van der Waals surface area contributed by atoms with Gasteiger partial charge in [0.2, 0.25) is 0 Å². The molecule has 19 heavy (non-hydrogen) atoms. The Labute approximate surface area is 112 Å². The highest BCUT2D eigenvalue weighted by molar-refractivity contribution is 5.94. The molecule has 0 aliphatic rings. The van der Waals surface area contributed by atoms with Crippen LogP contribution in [0, 0.1) is 0 Å². The average molecular weight is 266 g/mol. The molecule has 104 valence electrons. The summed E-state index contributed by atoms with van der Waals surface area (Å²) in [6, 6.07) is 5.60. The number of nitrogens with one attached hydrogen (secondary N) is 1. The third kappa shape index (κ3) is 3.87. The maximum Gasteiger partial charge on any atom is 0.326 e. The molecule has 0 fully saturated rings. The predicted molar refractivity (Wildman–Crippen MR) is 71.6 cm³/mol. The average Bonchev–Trinajstić information content (AvgIpc) is 2.43. The lowest BCUT2D eigenvalue weighted by atomic mass is 10.2. The fraction of sp³-hybridized carbons (Fsp3) is 0.385. The van der Waals surface area contributed by atoms with Gasteiger partial charge in [-0.25, -0.2) is 9.59 Å². The third-order valence-corrected chi connectivity index (χ3v) is 2.75. The molecular formula is C13H18N2O4. The molecule has 0 aromatic heterocycles. The SMILES string of the molecule is CCC(NC(=O)N(C)c1cccc(OC)c1)C(=O)O. The van der Waals surface area contributed by atoms with Gasteiger partial charge in [-0.3, -0.25) is 4.90 Å². The molecule has 0 heterocycles. The summed E-state index contributed by atoms with van der Waals surface area (Å²) in [5.41, 5.74) is 0.622. The van der Waals surface area contributed by atoms with Crippen molar-refractivity contribution in [1.29, 1.82) is 0 Å². The number of aliphatic carboxylic acids is 1. The van der Waals surface area contributed by atoms with Crippen molar-refractivity contribution >= 4 is 17.7 Å². The maximum atomic E-state index is 11.9. The van der Waals surface area contributed by atoms with E-state index in [4.69, 9.17) is 9.84 Å². The second-order valence-corrected chi connectivity index (χ2v) is 4.01. The van der Waals surface area contributed by atoms with Gasteiger partial charge in [-0.05, 0) is 18.6 Å².